The molecule has 0 aliphatic rings. The Kier molecular flexibility index (Phi) is 5.24. The summed E-state index contributed by atoms with van der Waals surface area (Å²) in [6.45, 7) is 2.41. The van der Waals surface area contributed by atoms with E-state index >= 15 is 0 Å². The number of fused-ring (bicyclic) bond motifs is 1. The number of nitrogens with one attached hydrogen (secondary N) is 1. The van der Waals surface area contributed by atoms with Gasteiger partial charge in [0.1, 0.15) is 11.1 Å². The number of aryl methyl sites for hydroxylation is 1. The lowest BCUT2D eigenvalue weighted by molar-refractivity contribution is 1.04. The summed E-state index contributed by atoms with van der Waals surface area (Å²) < 4.78 is 0. The molecule has 5 rings (SSSR count). The summed E-state index contributed by atoms with van der Waals surface area (Å²) in [7, 11) is 0. The van der Waals surface area contributed by atoms with Crippen LogP contribution in [0.4, 0.5) is 5.13 Å². The number of benzene rings is 1. The van der Waals surface area contributed by atoms with Gasteiger partial charge in [-0.2, -0.15) is 5.26 Å². The average molecular weight is 436 g/mol. The summed E-state index contributed by atoms with van der Waals surface area (Å²) in [5.41, 5.74) is 5.79. The molecule has 0 aliphatic carbocycles. The number of rotatable bonds is 5. The molecule has 0 unspecified atom stereocenters. The number of hydrogen-bond donors (Lipinski definition) is 1. The topological polar surface area (TPSA) is 100 Å². The summed E-state index contributed by atoms with van der Waals surface area (Å²) in [4.78, 5) is 13.1. The minimum absolute atomic E-state index is 0.494. The van der Waals surface area contributed by atoms with Crippen molar-refractivity contribution in [2.75, 3.05) is 5.32 Å². The van der Waals surface area contributed by atoms with Crippen LogP contribution in [0.5, 0.6) is 0 Å². The third-order valence-corrected chi connectivity index (χ3v) is 5.88. The molecule has 5 aromatic rings. The van der Waals surface area contributed by atoms with Gasteiger partial charge in [0.15, 0.2) is 0 Å². The van der Waals surface area contributed by atoms with Crippen molar-refractivity contribution in [3.63, 3.8) is 0 Å². The molecule has 8 heteroatoms. The highest BCUT2D eigenvalue weighted by molar-refractivity contribution is 7.18. The van der Waals surface area contributed by atoms with E-state index in [4.69, 9.17) is 0 Å². The van der Waals surface area contributed by atoms with Crippen molar-refractivity contribution in [3.8, 4) is 27.9 Å². The van der Waals surface area contributed by atoms with Crippen LogP contribution in [0.1, 0.15) is 16.8 Å². The van der Waals surface area contributed by atoms with E-state index in [0.717, 1.165) is 38.3 Å². The zero-order valence-electron chi connectivity index (χ0n) is 17.1. The normalized spacial score (nSPS) is 10.8. The first kappa shape index (κ1) is 19.7. The van der Waals surface area contributed by atoms with Crippen molar-refractivity contribution in [3.05, 3.63) is 83.9 Å². The van der Waals surface area contributed by atoms with Crippen LogP contribution in [0.25, 0.3) is 32.7 Å². The second-order valence-electron chi connectivity index (χ2n) is 7.21. The van der Waals surface area contributed by atoms with E-state index < -0.39 is 0 Å². The Morgan fingerprint density at radius 3 is 2.78 bits per heavy atom. The largest absolute Gasteiger partial charge is 0.356 e. The number of nitrogens with zero attached hydrogens (tertiary/aromatic N) is 6. The maximum Gasteiger partial charge on any atom is 0.206 e. The van der Waals surface area contributed by atoms with Crippen molar-refractivity contribution in [1.29, 1.82) is 5.26 Å². The molecule has 7 nitrogen and oxygen atoms in total. The lowest BCUT2D eigenvalue weighted by Gasteiger charge is -2.07. The predicted octanol–water partition coefficient (Wildman–Crippen LogP) is 5.00. The van der Waals surface area contributed by atoms with Crippen LogP contribution < -0.4 is 5.32 Å². The molecule has 0 spiro atoms. The van der Waals surface area contributed by atoms with Crippen LogP contribution in [0.2, 0.25) is 0 Å². The van der Waals surface area contributed by atoms with Gasteiger partial charge in [0.2, 0.25) is 5.13 Å². The van der Waals surface area contributed by atoms with Crippen molar-refractivity contribution >= 4 is 27.4 Å². The lowest BCUT2D eigenvalue weighted by atomic mass is 10.1. The van der Waals surface area contributed by atoms with E-state index in [0.29, 0.717) is 22.9 Å². The van der Waals surface area contributed by atoms with Crippen LogP contribution in [0, 0.1) is 18.3 Å². The van der Waals surface area contributed by atoms with Crippen LogP contribution in [-0.4, -0.2) is 25.1 Å². The smallest absolute Gasteiger partial charge is 0.206 e. The molecule has 0 saturated carbocycles. The molecule has 4 aromatic heterocycles. The molecule has 0 amide bonds. The Hall–Kier alpha value is -4.22. The van der Waals surface area contributed by atoms with Gasteiger partial charge in [-0.15, -0.1) is 10.2 Å². The van der Waals surface area contributed by atoms with Gasteiger partial charge < -0.3 is 5.32 Å². The SMILES string of the molecule is Cc1cc(-c2ncc(CNc3nnc(-c4ccc5ncccc5c4)s3)cc2C#N)ccn1. The van der Waals surface area contributed by atoms with Gasteiger partial charge >= 0.3 is 0 Å². The van der Waals surface area contributed by atoms with Crippen molar-refractivity contribution < 1.29 is 0 Å². The zero-order valence-corrected chi connectivity index (χ0v) is 18.0. The number of hydrogen-bond acceptors (Lipinski definition) is 8. The van der Waals surface area contributed by atoms with Crippen LogP contribution in [-0.2, 0) is 6.54 Å². The molecule has 4 heterocycles. The summed E-state index contributed by atoms with van der Waals surface area (Å²) in [6.07, 6.45) is 5.28. The molecular formula is C24H17N7S. The fourth-order valence-electron chi connectivity index (χ4n) is 3.41. The maximum absolute atomic E-state index is 9.61. The van der Waals surface area contributed by atoms with Gasteiger partial charge in [0.25, 0.3) is 0 Å². The first-order valence-corrected chi connectivity index (χ1v) is 10.8. The molecule has 0 radical (unpaired) electrons. The summed E-state index contributed by atoms with van der Waals surface area (Å²) in [6, 6.07) is 17.9. The van der Waals surface area contributed by atoms with Crippen molar-refractivity contribution in [2.24, 2.45) is 0 Å². The monoisotopic (exact) mass is 435 g/mol. The lowest BCUT2D eigenvalue weighted by Crippen LogP contribution is -2.01. The average Bonchev–Trinajstić information content (AvgIpc) is 3.31. The Balaban J connectivity index is 1.33. The highest BCUT2D eigenvalue weighted by Crippen LogP contribution is 2.29. The van der Waals surface area contributed by atoms with E-state index in [2.05, 4.69) is 42.6 Å². The van der Waals surface area contributed by atoms with Crippen molar-refractivity contribution in [2.45, 2.75) is 13.5 Å². The molecule has 154 valence electrons. The standard InChI is InChI=1S/C24H17N7S/c1-15-9-18(6-8-26-15)22-20(12-25)10-16(13-28-22)14-29-24-31-30-23(32-24)19-4-5-21-17(11-19)3-2-7-27-21/h2-11,13H,14H2,1H3,(H,29,31). The predicted molar refractivity (Wildman–Crippen MR) is 125 cm³/mol. The number of anilines is 1. The van der Waals surface area contributed by atoms with Gasteiger partial charge in [-0.1, -0.05) is 17.4 Å². The van der Waals surface area contributed by atoms with Crippen LogP contribution in [0.3, 0.4) is 0 Å². The molecule has 0 fully saturated rings. The van der Waals surface area contributed by atoms with E-state index in [9.17, 15) is 5.26 Å². The number of aromatic nitrogens is 5. The molecule has 32 heavy (non-hydrogen) atoms. The van der Waals surface area contributed by atoms with E-state index in [1.54, 1.807) is 18.6 Å². The Labute approximate surface area is 188 Å². The highest BCUT2D eigenvalue weighted by atomic mass is 32.1. The molecule has 0 saturated heterocycles. The minimum Gasteiger partial charge on any atom is -0.356 e. The minimum atomic E-state index is 0.494. The van der Waals surface area contributed by atoms with E-state index in [-0.39, 0.29) is 0 Å². The molecule has 0 bridgehead atoms. The Bertz CT molecular complexity index is 1470. The zero-order chi connectivity index (χ0) is 21.9. The third-order valence-electron chi connectivity index (χ3n) is 4.95. The van der Waals surface area contributed by atoms with Gasteiger partial charge in [-0.05, 0) is 55.0 Å². The van der Waals surface area contributed by atoms with E-state index in [1.165, 1.54) is 11.3 Å². The highest BCUT2D eigenvalue weighted by Gasteiger charge is 2.11. The van der Waals surface area contributed by atoms with Crippen molar-refractivity contribution in [1.82, 2.24) is 25.1 Å². The first-order valence-electron chi connectivity index (χ1n) is 9.94. The quantitative estimate of drug-likeness (QED) is 0.414. The van der Waals surface area contributed by atoms with Crippen LogP contribution in [0.15, 0.2) is 67.1 Å². The van der Waals surface area contributed by atoms with Gasteiger partial charge in [0, 0.05) is 47.3 Å². The molecule has 1 N–H and O–H groups in total. The number of pyridine rings is 3. The molecule has 0 aliphatic heterocycles. The summed E-state index contributed by atoms with van der Waals surface area (Å²) in [5, 5.41) is 24.1. The van der Waals surface area contributed by atoms with Gasteiger partial charge in [0.05, 0.1) is 16.8 Å². The van der Waals surface area contributed by atoms with Gasteiger partial charge in [-0.3, -0.25) is 15.0 Å². The number of nitriles is 1. The Morgan fingerprint density at radius 2 is 1.91 bits per heavy atom. The second-order valence-corrected chi connectivity index (χ2v) is 8.19. The van der Waals surface area contributed by atoms with Crippen LogP contribution >= 0.6 is 11.3 Å². The van der Waals surface area contributed by atoms with E-state index in [1.807, 2.05) is 49.4 Å². The van der Waals surface area contributed by atoms with Gasteiger partial charge in [-0.25, -0.2) is 0 Å². The second kappa shape index (κ2) is 8.49. The summed E-state index contributed by atoms with van der Waals surface area (Å²) in [5.74, 6) is 0. The molecule has 0 atom stereocenters. The molecular weight excluding hydrogens is 418 g/mol. The fourth-order valence-corrected chi connectivity index (χ4v) is 4.15. The Morgan fingerprint density at radius 1 is 0.969 bits per heavy atom. The fraction of sp³-hybridized carbons (Fsp3) is 0.0833. The molecule has 1 aromatic carbocycles. The maximum atomic E-state index is 9.61. The summed E-state index contributed by atoms with van der Waals surface area (Å²) >= 11 is 1.48. The first-order chi connectivity index (χ1) is 15.7. The third kappa shape index (κ3) is 4.02.